The SMILES string of the molecule is NC(=S)N(N=Cc1ccc(-c2ccc(Cl)cc2)o1)C1CC1. The van der Waals surface area contributed by atoms with Gasteiger partial charge in [-0.25, -0.2) is 5.01 Å². The minimum atomic E-state index is 0.290. The summed E-state index contributed by atoms with van der Waals surface area (Å²) in [6.45, 7) is 0. The molecular formula is C15H14ClN3OS. The van der Waals surface area contributed by atoms with Crippen LogP contribution in [0.25, 0.3) is 11.3 Å². The molecule has 0 aliphatic heterocycles. The lowest BCUT2D eigenvalue weighted by Gasteiger charge is -2.14. The zero-order valence-electron chi connectivity index (χ0n) is 11.2. The molecule has 0 atom stereocenters. The Labute approximate surface area is 133 Å². The molecule has 0 unspecified atom stereocenters. The Hall–Kier alpha value is -1.85. The Morgan fingerprint density at radius 1 is 1.29 bits per heavy atom. The van der Waals surface area contributed by atoms with Gasteiger partial charge in [-0.15, -0.1) is 0 Å². The summed E-state index contributed by atoms with van der Waals surface area (Å²) < 4.78 is 5.74. The van der Waals surface area contributed by atoms with Crippen molar-refractivity contribution in [3.8, 4) is 11.3 Å². The summed E-state index contributed by atoms with van der Waals surface area (Å²) in [6, 6.07) is 11.6. The lowest BCUT2D eigenvalue weighted by molar-refractivity contribution is 0.439. The van der Waals surface area contributed by atoms with E-state index in [1.54, 1.807) is 11.2 Å². The normalized spacial score (nSPS) is 14.5. The van der Waals surface area contributed by atoms with Crippen LogP contribution in [-0.4, -0.2) is 22.4 Å². The van der Waals surface area contributed by atoms with Gasteiger partial charge in [-0.1, -0.05) is 11.6 Å². The van der Waals surface area contributed by atoms with Gasteiger partial charge in [0.1, 0.15) is 11.5 Å². The topological polar surface area (TPSA) is 54.8 Å². The molecule has 0 bridgehead atoms. The first-order valence-corrected chi connectivity index (χ1v) is 7.40. The van der Waals surface area contributed by atoms with Crippen molar-refractivity contribution in [2.45, 2.75) is 18.9 Å². The zero-order valence-corrected chi connectivity index (χ0v) is 12.8. The monoisotopic (exact) mass is 319 g/mol. The molecule has 1 aliphatic rings. The van der Waals surface area contributed by atoms with Crippen LogP contribution in [0.2, 0.25) is 5.02 Å². The molecule has 1 aromatic carbocycles. The van der Waals surface area contributed by atoms with E-state index in [1.807, 2.05) is 36.4 Å². The smallest absolute Gasteiger partial charge is 0.187 e. The lowest BCUT2D eigenvalue weighted by Crippen LogP contribution is -2.32. The second-order valence-electron chi connectivity index (χ2n) is 4.87. The van der Waals surface area contributed by atoms with Gasteiger partial charge in [0.25, 0.3) is 0 Å². The first-order chi connectivity index (χ1) is 10.1. The van der Waals surface area contributed by atoms with Crippen LogP contribution in [0.3, 0.4) is 0 Å². The molecular weight excluding hydrogens is 306 g/mol. The summed E-state index contributed by atoms with van der Waals surface area (Å²) in [6.07, 6.45) is 3.78. The molecule has 1 saturated carbocycles. The Balaban J connectivity index is 1.75. The van der Waals surface area contributed by atoms with Gasteiger partial charge in [0, 0.05) is 10.6 Å². The van der Waals surface area contributed by atoms with E-state index in [-0.39, 0.29) is 0 Å². The van der Waals surface area contributed by atoms with E-state index >= 15 is 0 Å². The van der Waals surface area contributed by atoms with E-state index in [4.69, 9.17) is 34.0 Å². The summed E-state index contributed by atoms with van der Waals surface area (Å²) in [4.78, 5) is 0. The first kappa shape index (κ1) is 14.1. The number of nitrogens with zero attached hydrogens (tertiary/aromatic N) is 2. The van der Waals surface area contributed by atoms with E-state index in [9.17, 15) is 0 Å². The third kappa shape index (κ3) is 3.43. The van der Waals surface area contributed by atoms with Crippen LogP contribution in [0.1, 0.15) is 18.6 Å². The maximum Gasteiger partial charge on any atom is 0.187 e. The Morgan fingerprint density at radius 3 is 2.62 bits per heavy atom. The largest absolute Gasteiger partial charge is 0.455 e. The van der Waals surface area contributed by atoms with Crippen LogP contribution in [-0.2, 0) is 0 Å². The van der Waals surface area contributed by atoms with Gasteiger partial charge in [-0.3, -0.25) is 0 Å². The minimum absolute atomic E-state index is 0.290. The van der Waals surface area contributed by atoms with Crippen molar-refractivity contribution < 1.29 is 4.42 Å². The Bertz CT molecular complexity index is 676. The minimum Gasteiger partial charge on any atom is -0.455 e. The maximum atomic E-state index is 5.87. The van der Waals surface area contributed by atoms with Gasteiger partial charge in [-0.05, 0) is 61.5 Å². The Morgan fingerprint density at radius 2 is 2.00 bits per heavy atom. The predicted molar refractivity (Wildman–Crippen MR) is 88.4 cm³/mol. The van der Waals surface area contributed by atoms with Gasteiger partial charge in [0.15, 0.2) is 5.11 Å². The molecule has 1 aliphatic carbocycles. The van der Waals surface area contributed by atoms with Crippen LogP contribution in [0, 0.1) is 0 Å². The van der Waals surface area contributed by atoms with Crippen molar-refractivity contribution in [1.82, 2.24) is 5.01 Å². The van der Waals surface area contributed by atoms with Gasteiger partial charge in [0.2, 0.25) is 0 Å². The number of thiocarbonyl (C=S) groups is 1. The lowest BCUT2D eigenvalue weighted by atomic mass is 10.2. The molecule has 2 aromatic rings. The molecule has 1 fully saturated rings. The molecule has 0 amide bonds. The van der Waals surface area contributed by atoms with Crippen molar-refractivity contribution >= 4 is 35.1 Å². The summed E-state index contributed by atoms with van der Waals surface area (Å²) >= 11 is 10.9. The number of nitrogens with two attached hydrogens (primary N) is 1. The van der Waals surface area contributed by atoms with E-state index in [0.717, 1.165) is 24.2 Å². The van der Waals surface area contributed by atoms with Gasteiger partial charge < -0.3 is 10.2 Å². The molecule has 108 valence electrons. The first-order valence-electron chi connectivity index (χ1n) is 6.62. The van der Waals surface area contributed by atoms with E-state index in [1.165, 1.54) is 0 Å². The van der Waals surface area contributed by atoms with Crippen molar-refractivity contribution in [2.75, 3.05) is 0 Å². The fourth-order valence-corrected chi connectivity index (χ4v) is 2.28. The molecule has 0 saturated heterocycles. The maximum absolute atomic E-state index is 5.87. The van der Waals surface area contributed by atoms with E-state index < -0.39 is 0 Å². The molecule has 1 aromatic heterocycles. The van der Waals surface area contributed by atoms with Crippen molar-refractivity contribution in [1.29, 1.82) is 0 Å². The highest BCUT2D eigenvalue weighted by atomic mass is 35.5. The molecule has 3 rings (SSSR count). The fraction of sp³-hybridized carbons (Fsp3) is 0.200. The third-order valence-corrected chi connectivity index (χ3v) is 3.62. The number of hydrazone groups is 1. The van der Waals surface area contributed by atoms with Crippen LogP contribution in [0.5, 0.6) is 0 Å². The number of hydrogen-bond acceptors (Lipinski definition) is 3. The predicted octanol–water partition coefficient (Wildman–Crippen LogP) is 3.64. The van der Waals surface area contributed by atoms with Crippen molar-refractivity contribution in [3.63, 3.8) is 0 Å². The number of halogens is 1. The van der Waals surface area contributed by atoms with Crippen molar-refractivity contribution in [2.24, 2.45) is 10.8 Å². The second kappa shape index (κ2) is 5.87. The number of rotatable bonds is 4. The molecule has 6 heteroatoms. The van der Waals surface area contributed by atoms with Gasteiger partial charge in [0.05, 0.1) is 12.3 Å². The summed E-state index contributed by atoms with van der Waals surface area (Å²) in [5.41, 5.74) is 6.62. The highest BCUT2D eigenvalue weighted by Gasteiger charge is 2.29. The number of hydrogen-bond donors (Lipinski definition) is 1. The van der Waals surface area contributed by atoms with Gasteiger partial charge >= 0.3 is 0 Å². The molecule has 0 radical (unpaired) electrons. The fourth-order valence-electron chi connectivity index (χ4n) is 1.96. The standard InChI is InChI=1S/C15H14ClN3OS/c16-11-3-1-10(2-4-11)14-8-7-13(20-14)9-18-19(15(17)21)12-5-6-12/h1-4,7-9,12H,5-6H2,(H2,17,21). The highest BCUT2D eigenvalue weighted by Crippen LogP contribution is 2.27. The second-order valence-corrected chi connectivity index (χ2v) is 5.72. The summed E-state index contributed by atoms with van der Waals surface area (Å²) in [5, 5.41) is 6.96. The number of benzene rings is 1. The average molecular weight is 320 g/mol. The summed E-state index contributed by atoms with van der Waals surface area (Å²) in [7, 11) is 0. The molecule has 21 heavy (non-hydrogen) atoms. The van der Waals surface area contributed by atoms with Crippen LogP contribution in [0.15, 0.2) is 45.9 Å². The molecule has 1 heterocycles. The quantitative estimate of drug-likeness (QED) is 0.531. The molecule has 2 N–H and O–H groups in total. The Kier molecular flexibility index (Phi) is 3.94. The third-order valence-electron chi connectivity index (χ3n) is 3.18. The summed E-state index contributed by atoms with van der Waals surface area (Å²) in [5.74, 6) is 1.42. The van der Waals surface area contributed by atoms with Crippen LogP contribution in [0.4, 0.5) is 0 Å². The number of furan rings is 1. The van der Waals surface area contributed by atoms with Crippen LogP contribution >= 0.6 is 23.8 Å². The highest BCUT2D eigenvalue weighted by molar-refractivity contribution is 7.80. The molecule has 0 spiro atoms. The van der Waals surface area contributed by atoms with Crippen molar-refractivity contribution in [3.05, 3.63) is 47.2 Å². The van der Waals surface area contributed by atoms with Gasteiger partial charge in [-0.2, -0.15) is 5.10 Å². The molecule has 4 nitrogen and oxygen atoms in total. The average Bonchev–Trinajstić information content (AvgIpc) is 3.18. The van der Waals surface area contributed by atoms with Crippen LogP contribution < -0.4 is 5.73 Å². The van der Waals surface area contributed by atoms with E-state index in [2.05, 4.69) is 5.10 Å². The van der Waals surface area contributed by atoms with E-state index in [0.29, 0.717) is 21.9 Å². The zero-order chi connectivity index (χ0) is 14.8.